The summed E-state index contributed by atoms with van der Waals surface area (Å²) < 4.78 is 6.51. The number of fused-ring (bicyclic) bond motifs is 1. The first-order valence-electron chi connectivity index (χ1n) is 7.75. The molecule has 0 aliphatic carbocycles. The molecule has 3 aromatic rings. The van der Waals surface area contributed by atoms with Crippen LogP contribution in [0.3, 0.4) is 0 Å². The maximum Gasteiger partial charge on any atom is 0.337 e. The number of carbonyl (C=O) groups excluding carboxylic acids is 2. The summed E-state index contributed by atoms with van der Waals surface area (Å²) in [5.74, 6) is -0.483. The van der Waals surface area contributed by atoms with Crippen LogP contribution in [-0.2, 0) is 22.6 Å². The summed E-state index contributed by atoms with van der Waals surface area (Å²) in [6, 6.07) is 14.5. The van der Waals surface area contributed by atoms with E-state index >= 15 is 0 Å². The Kier molecular flexibility index (Phi) is 5.05. The van der Waals surface area contributed by atoms with Gasteiger partial charge in [0.1, 0.15) is 6.54 Å². The summed E-state index contributed by atoms with van der Waals surface area (Å²) in [6.45, 7) is 0.602. The van der Waals surface area contributed by atoms with E-state index in [0.29, 0.717) is 17.1 Å². The second kappa shape index (κ2) is 7.40. The zero-order valence-electron chi connectivity index (χ0n) is 13.7. The number of rotatable bonds is 5. The molecular weight excluding hydrogens is 340 g/mol. The largest absolute Gasteiger partial charge is 0.465 e. The third-order valence-corrected chi connectivity index (χ3v) is 4.15. The van der Waals surface area contributed by atoms with Crippen molar-refractivity contribution in [3.05, 3.63) is 70.9 Å². The quantitative estimate of drug-likeness (QED) is 0.713. The van der Waals surface area contributed by atoms with E-state index in [1.165, 1.54) is 7.11 Å². The van der Waals surface area contributed by atoms with Crippen molar-refractivity contribution < 1.29 is 14.3 Å². The Bertz CT molecular complexity index is 916. The molecule has 0 spiro atoms. The van der Waals surface area contributed by atoms with Crippen molar-refractivity contribution in [2.45, 2.75) is 13.1 Å². The van der Waals surface area contributed by atoms with E-state index in [2.05, 4.69) is 10.1 Å². The highest BCUT2D eigenvalue weighted by Gasteiger charge is 2.08. The molecule has 0 fully saturated rings. The molecule has 5 nitrogen and oxygen atoms in total. The van der Waals surface area contributed by atoms with Gasteiger partial charge in [-0.3, -0.25) is 4.79 Å². The molecule has 0 saturated heterocycles. The van der Waals surface area contributed by atoms with Gasteiger partial charge in [-0.1, -0.05) is 29.8 Å². The van der Waals surface area contributed by atoms with E-state index in [4.69, 9.17) is 11.6 Å². The van der Waals surface area contributed by atoms with Crippen LogP contribution in [-0.4, -0.2) is 23.6 Å². The summed E-state index contributed by atoms with van der Waals surface area (Å²) in [7, 11) is 1.34. The van der Waals surface area contributed by atoms with Crippen molar-refractivity contribution in [3.8, 4) is 0 Å². The number of hydrogen-bond acceptors (Lipinski definition) is 3. The number of aromatic nitrogens is 1. The number of nitrogens with zero attached hydrogens (tertiary/aromatic N) is 1. The minimum Gasteiger partial charge on any atom is -0.465 e. The van der Waals surface area contributed by atoms with Gasteiger partial charge < -0.3 is 14.6 Å². The molecule has 128 valence electrons. The lowest BCUT2D eigenvalue weighted by Crippen LogP contribution is -2.26. The fourth-order valence-electron chi connectivity index (χ4n) is 2.58. The van der Waals surface area contributed by atoms with Gasteiger partial charge in [0, 0.05) is 23.3 Å². The van der Waals surface area contributed by atoms with Gasteiger partial charge in [-0.2, -0.15) is 0 Å². The minimum atomic E-state index is -0.381. The number of carbonyl (C=O) groups is 2. The second-order valence-corrected chi connectivity index (χ2v) is 6.05. The van der Waals surface area contributed by atoms with Gasteiger partial charge in [0.25, 0.3) is 0 Å². The van der Waals surface area contributed by atoms with Crippen molar-refractivity contribution in [1.82, 2.24) is 9.88 Å². The Hall–Kier alpha value is -2.79. The minimum absolute atomic E-state index is 0.102. The Balaban J connectivity index is 1.61. The molecule has 0 bridgehead atoms. The summed E-state index contributed by atoms with van der Waals surface area (Å²) in [5.41, 5.74) is 2.31. The number of benzene rings is 2. The first kappa shape index (κ1) is 17.0. The maximum atomic E-state index is 12.2. The van der Waals surface area contributed by atoms with Crippen LogP contribution < -0.4 is 5.32 Å². The molecule has 0 aliphatic heterocycles. The predicted molar refractivity (Wildman–Crippen MR) is 96.6 cm³/mol. The summed E-state index contributed by atoms with van der Waals surface area (Å²) in [4.78, 5) is 23.6. The predicted octanol–water partition coefficient (Wildman–Crippen LogP) is 3.40. The number of esters is 1. The third-order valence-electron chi connectivity index (χ3n) is 3.91. The average molecular weight is 357 g/mol. The molecule has 3 rings (SSSR count). The average Bonchev–Trinajstić information content (AvgIpc) is 3.01. The highest BCUT2D eigenvalue weighted by Crippen LogP contribution is 2.20. The molecular formula is C19H17ClN2O3. The van der Waals surface area contributed by atoms with Crippen LogP contribution in [0, 0.1) is 0 Å². The summed E-state index contributed by atoms with van der Waals surface area (Å²) >= 11 is 6.02. The Morgan fingerprint density at radius 1 is 1.12 bits per heavy atom. The van der Waals surface area contributed by atoms with Crippen LogP contribution in [0.2, 0.25) is 5.02 Å². The molecule has 0 saturated carbocycles. The van der Waals surface area contributed by atoms with Gasteiger partial charge in [-0.05, 0) is 41.3 Å². The van der Waals surface area contributed by atoms with Crippen molar-refractivity contribution >= 4 is 34.4 Å². The first-order valence-corrected chi connectivity index (χ1v) is 8.13. The molecule has 1 amide bonds. The number of hydrogen-bond donors (Lipinski definition) is 1. The number of halogens is 1. The Morgan fingerprint density at radius 3 is 2.60 bits per heavy atom. The molecule has 2 aromatic carbocycles. The topological polar surface area (TPSA) is 60.3 Å². The zero-order valence-corrected chi connectivity index (χ0v) is 14.4. The number of amides is 1. The van der Waals surface area contributed by atoms with Crippen molar-refractivity contribution in [1.29, 1.82) is 0 Å². The van der Waals surface area contributed by atoms with Gasteiger partial charge in [0.15, 0.2) is 0 Å². The molecule has 25 heavy (non-hydrogen) atoms. The van der Waals surface area contributed by atoms with Crippen molar-refractivity contribution in [2.75, 3.05) is 7.11 Å². The molecule has 1 aromatic heterocycles. The number of ether oxygens (including phenoxy) is 1. The lowest BCUT2D eigenvalue weighted by molar-refractivity contribution is -0.121. The molecule has 6 heteroatoms. The van der Waals surface area contributed by atoms with Crippen LogP contribution in [0.4, 0.5) is 0 Å². The molecule has 0 unspecified atom stereocenters. The Morgan fingerprint density at radius 2 is 1.88 bits per heavy atom. The normalized spacial score (nSPS) is 10.6. The van der Waals surface area contributed by atoms with Crippen LogP contribution in [0.1, 0.15) is 15.9 Å². The zero-order chi connectivity index (χ0) is 17.8. The van der Waals surface area contributed by atoms with E-state index in [1.54, 1.807) is 24.3 Å². The lowest BCUT2D eigenvalue weighted by atomic mass is 10.1. The number of methoxy groups -OCH3 is 1. The van der Waals surface area contributed by atoms with Gasteiger partial charge in [-0.15, -0.1) is 0 Å². The van der Waals surface area contributed by atoms with Gasteiger partial charge in [0.05, 0.1) is 12.7 Å². The van der Waals surface area contributed by atoms with Crippen LogP contribution in [0.15, 0.2) is 54.7 Å². The molecule has 0 radical (unpaired) electrons. The van der Waals surface area contributed by atoms with Gasteiger partial charge in [-0.25, -0.2) is 4.79 Å². The van der Waals surface area contributed by atoms with Crippen LogP contribution in [0.25, 0.3) is 10.9 Å². The van der Waals surface area contributed by atoms with E-state index in [1.807, 2.05) is 35.0 Å². The monoisotopic (exact) mass is 356 g/mol. The fraction of sp³-hybridized carbons (Fsp3) is 0.158. The Labute approximate surface area is 150 Å². The highest BCUT2D eigenvalue weighted by atomic mass is 35.5. The lowest BCUT2D eigenvalue weighted by Gasteiger charge is -2.08. The molecule has 0 atom stereocenters. The highest BCUT2D eigenvalue weighted by molar-refractivity contribution is 6.31. The van der Waals surface area contributed by atoms with E-state index in [-0.39, 0.29) is 18.4 Å². The molecule has 0 aliphatic rings. The standard InChI is InChI=1S/C19H17ClN2O3/c1-25-19(24)15-4-2-13(3-5-15)11-21-18(23)12-22-9-8-14-6-7-16(20)10-17(14)22/h2-10H,11-12H2,1H3,(H,21,23). The SMILES string of the molecule is COC(=O)c1ccc(CNC(=O)Cn2ccc3ccc(Cl)cc32)cc1. The van der Waals surface area contributed by atoms with E-state index in [0.717, 1.165) is 16.5 Å². The van der Waals surface area contributed by atoms with E-state index in [9.17, 15) is 9.59 Å². The summed E-state index contributed by atoms with van der Waals surface area (Å²) in [6.07, 6.45) is 1.87. The van der Waals surface area contributed by atoms with Gasteiger partial charge >= 0.3 is 5.97 Å². The second-order valence-electron chi connectivity index (χ2n) is 5.61. The smallest absolute Gasteiger partial charge is 0.337 e. The summed E-state index contributed by atoms with van der Waals surface area (Å²) in [5, 5.41) is 4.55. The van der Waals surface area contributed by atoms with Crippen molar-refractivity contribution in [2.24, 2.45) is 0 Å². The number of nitrogens with one attached hydrogen (secondary N) is 1. The van der Waals surface area contributed by atoms with E-state index < -0.39 is 0 Å². The third kappa shape index (κ3) is 4.00. The van der Waals surface area contributed by atoms with Gasteiger partial charge in [0.2, 0.25) is 5.91 Å². The fourth-order valence-corrected chi connectivity index (χ4v) is 2.75. The first-order chi connectivity index (χ1) is 12.1. The molecule has 1 N–H and O–H groups in total. The van der Waals surface area contributed by atoms with Crippen molar-refractivity contribution in [3.63, 3.8) is 0 Å². The van der Waals surface area contributed by atoms with Crippen LogP contribution in [0.5, 0.6) is 0 Å². The van der Waals surface area contributed by atoms with Crippen LogP contribution >= 0.6 is 11.6 Å². The maximum absolute atomic E-state index is 12.2. The molecule has 1 heterocycles.